The minimum atomic E-state index is 0. The first kappa shape index (κ1) is 67.2. The van der Waals surface area contributed by atoms with Gasteiger partial charge in [-0.05, 0) is 80.2 Å². The van der Waals surface area contributed by atoms with Crippen molar-refractivity contribution in [2.24, 2.45) is 17.3 Å². The summed E-state index contributed by atoms with van der Waals surface area (Å²) in [6.45, 7) is 44.7. The molecule has 4 rings (SSSR count). The monoisotopic (exact) mass is 970 g/mol. The molecule has 1 aliphatic carbocycles. The smallest absolute Gasteiger partial charge is 0.0321 e. The van der Waals surface area contributed by atoms with E-state index < -0.39 is 0 Å². The fourth-order valence-corrected chi connectivity index (χ4v) is 7.68. The molecular formula is C62H108N2Y-2. The van der Waals surface area contributed by atoms with Crippen LogP contribution in [0.15, 0.2) is 85.6 Å². The second kappa shape index (κ2) is 41.0. The third kappa shape index (κ3) is 34.9. The predicted octanol–water partition coefficient (Wildman–Crippen LogP) is 20.7. The van der Waals surface area contributed by atoms with E-state index in [0.29, 0.717) is 5.41 Å². The van der Waals surface area contributed by atoms with Gasteiger partial charge in [-0.3, -0.25) is 0 Å². The molecule has 3 aromatic rings. The Morgan fingerprint density at radius 2 is 1.22 bits per heavy atom. The van der Waals surface area contributed by atoms with Crippen molar-refractivity contribution in [3.05, 3.63) is 108 Å². The summed E-state index contributed by atoms with van der Waals surface area (Å²) < 4.78 is 0. The number of unbranched alkanes of at least 4 members (excludes halogenated alkanes) is 13. The van der Waals surface area contributed by atoms with Crippen LogP contribution in [-0.2, 0) is 44.5 Å². The first-order valence-corrected chi connectivity index (χ1v) is 26.5. The largest absolute Gasteiger partial charge is 0.663 e. The van der Waals surface area contributed by atoms with Crippen LogP contribution < -0.4 is 10.7 Å². The normalized spacial score (nSPS) is 11.9. The summed E-state index contributed by atoms with van der Waals surface area (Å²) in [5.41, 5.74) is 15.3. The fraction of sp³-hybridized carbons (Fsp3) is 0.661. The van der Waals surface area contributed by atoms with Gasteiger partial charge < -0.3 is 10.7 Å². The number of anilines is 1. The summed E-state index contributed by atoms with van der Waals surface area (Å²) in [5.74, 6) is 3.36. The van der Waals surface area contributed by atoms with E-state index >= 15 is 0 Å². The van der Waals surface area contributed by atoms with Crippen molar-refractivity contribution in [2.75, 3.05) is 5.73 Å². The molecule has 1 aromatic heterocycles. The molecule has 2 nitrogen and oxygen atoms in total. The number of nitrogen functional groups attached to an aromatic ring is 1. The van der Waals surface area contributed by atoms with Crippen LogP contribution >= 0.6 is 0 Å². The van der Waals surface area contributed by atoms with Gasteiger partial charge >= 0.3 is 0 Å². The van der Waals surface area contributed by atoms with Crippen LogP contribution in [0.5, 0.6) is 0 Å². The van der Waals surface area contributed by atoms with E-state index in [2.05, 4.69) is 139 Å². The molecule has 0 saturated heterocycles. The average molecular weight is 970 g/mol. The Bertz CT molecular complexity index is 1580. The Morgan fingerprint density at radius 1 is 0.738 bits per heavy atom. The number of aryl methyl sites for hydroxylation is 1. The van der Waals surface area contributed by atoms with Crippen molar-refractivity contribution in [3.8, 4) is 0 Å². The quantitative estimate of drug-likeness (QED) is 0.0421. The summed E-state index contributed by atoms with van der Waals surface area (Å²) in [6.07, 6.45) is 33.5. The first-order chi connectivity index (χ1) is 30.3. The standard InChI is InChI=1S/C27H43.C13H26.C10H11N2.C6H12.C4H10.C2H6.Y/c1-22(2)16-11-9-7-6-8-10-12-17-23(3)18-15-21-26-24-19-13-14-20-25(24)27(26,4)5;1-4-5-6-7-8-9-10-11-12-13(2)3;1-2-7-5-9(11)6-8-3-4-12-10(7)8;1-5-6(2,3)4;1-4(2)3;1-2;/h13-14,19-20,22H,3,6-12,15-18,21H2,1-2,4-5H3;2,4-12H2,1,3H3;3-6H,2,11H2,1H3;5H,1H2,2-4H3;4H,1-3H3;1-2H3;/q-1;;-1;;;;. The van der Waals surface area contributed by atoms with Crippen LogP contribution in [0.3, 0.4) is 0 Å². The van der Waals surface area contributed by atoms with Crippen molar-refractivity contribution in [3.63, 3.8) is 0 Å². The van der Waals surface area contributed by atoms with Crippen molar-refractivity contribution in [2.45, 2.75) is 251 Å². The minimum Gasteiger partial charge on any atom is -0.663 e. The van der Waals surface area contributed by atoms with Crippen LogP contribution in [0.2, 0.25) is 0 Å². The van der Waals surface area contributed by atoms with Crippen molar-refractivity contribution < 1.29 is 32.7 Å². The Kier molecular flexibility index (Phi) is 42.4. The van der Waals surface area contributed by atoms with Gasteiger partial charge in [0.15, 0.2) is 0 Å². The zero-order valence-corrected chi connectivity index (χ0v) is 49.0. The molecule has 0 bridgehead atoms. The maximum absolute atomic E-state index is 5.73. The molecule has 0 amide bonds. The van der Waals surface area contributed by atoms with Gasteiger partial charge in [-0.1, -0.05) is 247 Å². The molecule has 2 N–H and O–H groups in total. The molecule has 0 atom stereocenters. The summed E-state index contributed by atoms with van der Waals surface area (Å²) in [5, 5.41) is 1.15. The van der Waals surface area contributed by atoms with Gasteiger partial charge in [0.2, 0.25) is 0 Å². The van der Waals surface area contributed by atoms with Crippen LogP contribution in [-0.4, -0.2) is 0 Å². The van der Waals surface area contributed by atoms with Gasteiger partial charge in [0, 0.05) is 38.4 Å². The molecule has 65 heavy (non-hydrogen) atoms. The summed E-state index contributed by atoms with van der Waals surface area (Å²) >= 11 is 0. The molecule has 371 valence electrons. The van der Waals surface area contributed by atoms with E-state index in [1.807, 2.05) is 44.3 Å². The topological polar surface area (TPSA) is 40.1 Å². The predicted molar refractivity (Wildman–Crippen MR) is 296 cm³/mol. The maximum Gasteiger partial charge on any atom is 0.0321 e. The molecule has 2 aromatic carbocycles. The number of benzene rings is 2. The summed E-state index contributed by atoms with van der Waals surface area (Å²) in [7, 11) is 0. The van der Waals surface area contributed by atoms with Gasteiger partial charge in [-0.25, -0.2) is 0 Å². The van der Waals surface area contributed by atoms with E-state index in [0.717, 1.165) is 34.8 Å². The van der Waals surface area contributed by atoms with Crippen molar-refractivity contribution >= 4 is 16.6 Å². The number of nitrogens with zero attached hydrogens (tertiary/aromatic N) is 1. The zero-order valence-electron chi connectivity index (χ0n) is 46.1. The number of aromatic nitrogens is 1. The Balaban J connectivity index is -0.000000845. The Hall–Kier alpha value is -2.03. The second-order valence-corrected chi connectivity index (χ2v) is 21.1. The van der Waals surface area contributed by atoms with Gasteiger partial charge in [-0.15, -0.1) is 30.8 Å². The van der Waals surface area contributed by atoms with E-state index in [1.54, 1.807) is 5.92 Å². The SMILES string of the molecule is C=C(C)CCCCCCCCCC.C=C(CCCCCCCCCC(C)C)CCC[C-]1c2ccccc2C1(C)C.C=CC(C)(C)C.CC.CC(C)C.CCc1cc(N)cc2cc[n-]c12.[Y]. The number of hydrogen-bond acceptors (Lipinski definition) is 1. The molecule has 0 saturated carbocycles. The molecule has 0 aliphatic heterocycles. The third-order valence-corrected chi connectivity index (χ3v) is 11.6. The van der Waals surface area contributed by atoms with E-state index in [4.69, 9.17) is 5.73 Å². The molecule has 0 fully saturated rings. The molecular weight excluding hydrogens is 862 g/mol. The first-order valence-electron chi connectivity index (χ1n) is 26.5. The molecule has 3 heteroatoms. The van der Waals surface area contributed by atoms with Crippen LogP contribution in [0.1, 0.15) is 255 Å². The molecule has 1 aliphatic rings. The third-order valence-electron chi connectivity index (χ3n) is 11.6. The zero-order chi connectivity index (χ0) is 49.0. The maximum atomic E-state index is 5.73. The van der Waals surface area contributed by atoms with Crippen LogP contribution in [0.25, 0.3) is 10.9 Å². The number of allylic oxidation sites excluding steroid dienone is 3. The van der Waals surface area contributed by atoms with Crippen LogP contribution in [0.4, 0.5) is 5.69 Å². The number of rotatable bonds is 24. The van der Waals surface area contributed by atoms with E-state index in [1.165, 1.54) is 163 Å². The molecule has 0 unspecified atom stereocenters. The van der Waals surface area contributed by atoms with Gasteiger partial charge in [-0.2, -0.15) is 29.3 Å². The number of fused-ring (bicyclic) bond motifs is 2. The molecule has 0 spiro atoms. The van der Waals surface area contributed by atoms with Gasteiger partial charge in [0.25, 0.3) is 0 Å². The van der Waals surface area contributed by atoms with E-state index in [9.17, 15) is 0 Å². The Labute approximate surface area is 433 Å². The van der Waals surface area contributed by atoms with E-state index in [-0.39, 0.29) is 38.1 Å². The minimum absolute atomic E-state index is 0. The number of hydrogen-bond donors (Lipinski definition) is 1. The number of nitrogens with two attached hydrogens (primary N) is 1. The van der Waals surface area contributed by atoms with Crippen LogP contribution in [0, 0.1) is 23.2 Å². The molecule has 1 heterocycles. The average Bonchev–Trinajstić information content (AvgIpc) is 3.72. The fourth-order valence-electron chi connectivity index (χ4n) is 7.68. The molecule has 1 radical (unpaired) electrons. The van der Waals surface area contributed by atoms with Crippen molar-refractivity contribution in [1.82, 2.24) is 4.98 Å². The van der Waals surface area contributed by atoms with Gasteiger partial charge in [0.1, 0.15) is 0 Å². The summed E-state index contributed by atoms with van der Waals surface area (Å²) in [4.78, 5) is 4.28. The van der Waals surface area contributed by atoms with Crippen molar-refractivity contribution in [1.29, 1.82) is 0 Å². The second-order valence-electron chi connectivity index (χ2n) is 21.1. The summed E-state index contributed by atoms with van der Waals surface area (Å²) in [6, 6.07) is 14.9. The Morgan fingerprint density at radius 3 is 1.71 bits per heavy atom. The van der Waals surface area contributed by atoms with Gasteiger partial charge in [0.05, 0.1) is 0 Å².